The van der Waals surface area contributed by atoms with Crippen molar-refractivity contribution in [2.75, 3.05) is 25.0 Å². The van der Waals surface area contributed by atoms with E-state index in [0.29, 0.717) is 24.2 Å². The summed E-state index contributed by atoms with van der Waals surface area (Å²) in [4.78, 5) is 12.5. The van der Waals surface area contributed by atoms with Crippen molar-refractivity contribution in [3.05, 3.63) is 65.0 Å². The number of carbonyl (C=O) groups is 1. The summed E-state index contributed by atoms with van der Waals surface area (Å²) in [6.07, 6.45) is 0.574. The molecule has 0 unspecified atom stereocenters. The maximum Gasteiger partial charge on any atom is 0.282 e. The molecule has 1 fully saturated rings. The second-order valence-corrected chi connectivity index (χ2v) is 8.86. The Balaban J connectivity index is 1.72. The number of para-hydroxylation sites is 1. The predicted molar refractivity (Wildman–Crippen MR) is 106 cm³/mol. The standard InChI is InChI=1S/C20H24FN3O3S/c1-15-7-5-8-16(2)20(15)22-19(25)14-24-12-6-11-23(28(24,26)27)13-17-9-3-4-10-18(17)21/h3-5,7-10H,6,11-14H2,1-2H3,(H,22,25). The highest BCUT2D eigenvalue weighted by Gasteiger charge is 2.35. The number of aryl methyl sites for hydroxylation is 2. The molecule has 1 N–H and O–H groups in total. The van der Waals surface area contributed by atoms with E-state index in [2.05, 4.69) is 5.32 Å². The Morgan fingerprint density at radius 3 is 2.36 bits per heavy atom. The minimum Gasteiger partial charge on any atom is -0.324 e. The van der Waals surface area contributed by atoms with Crippen molar-refractivity contribution in [2.24, 2.45) is 0 Å². The Labute approximate surface area is 165 Å². The number of amides is 1. The third kappa shape index (κ3) is 4.40. The van der Waals surface area contributed by atoms with E-state index in [1.807, 2.05) is 32.0 Å². The molecule has 1 amide bonds. The topological polar surface area (TPSA) is 69.7 Å². The van der Waals surface area contributed by atoms with Gasteiger partial charge in [-0.1, -0.05) is 36.4 Å². The molecule has 1 aliphatic rings. The van der Waals surface area contributed by atoms with Crippen molar-refractivity contribution < 1.29 is 17.6 Å². The van der Waals surface area contributed by atoms with Gasteiger partial charge >= 0.3 is 0 Å². The number of rotatable bonds is 5. The van der Waals surface area contributed by atoms with Gasteiger partial charge in [-0.2, -0.15) is 17.0 Å². The molecule has 150 valence electrons. The van der Waals surface area contributed by atoms with Crippen molar-refractivity contribution in [1.82, 2.24) is 8.61 Å². The molecule has 2 aromatic rings. The van der Waals surface area contributed by atoms with Gasteiger partial charge in [0.1, 0.15) is 5.82 Å². The molecule has 0 radical (unpaired) electrons. The summed E-state index contributed by atoms with van der Waals surface area (Å²) >= 11 is 0. The zero-order chi connectivity index (χ0) is 20.3. The minimum absolute atomic E-state index is 0.0516. The average Bonchev–Trinajstić information content (AvgIpc) is 2.63. The Kier molecular flexibility index (Phi) is 6.12. The molecule has 1 saturated heterocycles. The molecule has 2 aromatic carbocycles. The number of nitrogens with zero attached hydrogens (tertiary/aromatic N) is 2. The molecular weight excluding hydrogens is 381 g/mol. The van der Waals surface area contributed by atoms with Gasteiger partial charge < -0.3 is 5.32 Å². The fourth-order valence-corrected chi connectivity index (χ4v) is 4.93. The van der Waals surface area contributed by atoms with Gasteiger partial charge in [0.15, 0.2) is 0 Å². The lowest BCUT2D eigenvalue weighted by Gasteiger charge is -2.34. The molecule has 0 atom stereocenters. The van der Waals surface area contributed by atoms with Crippen LogP contribution in [-0.4, -0.2) is 42.6 Å². The molecule has 6 nitrogen and oxygen atoms in total. The van der Waals surface area contributed by atoms with Crippen LogP contribution in [0.1, 0.15) is 23.1 Å². The molecule has 0 aliphatic carbocycles. The van der Waals surface area contributed by atoms with Crippen molar-refractivity contribution in [3.63, 3.8) is 0 Å². The fraction of sp³-hybridized carbons (Fsp3) is 0.350. The predicted octanol–water partition coefficient (Wildman–Crippen LogP) is 2.83. The molecule has 0 bridgehead atoms. The first kappa shape index (κ1) is 20.4. The van der Waals surface area contributed by atoms with Crippen LogP contribution in [0.4, 0.5) is 10.1 Å². The summed E-state index contributed by atoms with van der Waals surface area (Å²) in [5.41, 5.74) is 2.84. The smallest absolute Gasteiger partial charge is 0.282 e. The van der Waals surface area contributed by atoms with E-state index in [0.717, 1.165) is 15.4 Å². The van der Waals surface area contributed by atoms with Crippen LogP contribution in [0, 0.1) is 19.7 Å². The SMILES string of the molecule is Cc1cccc(C)c1NC(=O)CN1CCCN(Cc2ccccc2F)S1(=O)=O. The molecule has 0 spiro atoms. The highest BCUT2D eigenvalue weighted by molar-refractivity contribution is 7.86. The summed E-state index contributed by atoms with van der Waals surface area (Å²) in [5, 5.41) is 2.81. The molecule has 1 heterocycles. The monoisotopic (exact) mass is 405 g/mol. The Morgan fingerprint density at radius 2 is 1.68 bits per heavy atom. The second kappa shape index (κ2) is 8.38. The van der Waals surface area contributed by atoms with Crippen LogP contribution in [0.5, 0.6) is 0 Å². The van der Waals surface area contributed by atoms with Crippen molar-refractivity contribution in [1.29, 1.82) is 0 Å². The van der Waals surface area contributed by atoms with Crippen molar-refractivity contribution >= 4 is 21.8 Å². The first-order chi connectivity index (χ1) is 13.3. The number of benzene rings is 2. The lowest BCUT2D eigenvalue weighted by atomic mass is 10.1. The summed E-state index contributed by atoms with van der Waals surface area (Å²) in [5.74, 6) is -0.837. The van der Waals surface area contributed by atoms with Gasteiger partial charge in [-0.15, -0.1) is 0 Å². The van der Waals surface area contributed by atoms with Gasteiger partial charge in [0, 0.05) is 30.9 Å². The van der Waals surface area contributed by atoms with E-state index in [-0.39, 0.29) is 19.6 Å². The van der Waals surface area contributed by atoms with Gasteiger partial charge in [-0.25, -0.2) is 4.39 Å². The van der Waals surface area contributed by atoms with Crippen LogP contribution in [0.3, 0.4) is 0 Å². The minimum atomic E-state index is -3.85. The number of hydrogen-bond donors (Lipinski definition) is 1. The van der Waals surface area contributed by atoms with Crippen LogP contribution in [0.2, 0.25) is 0 Å². The summed E-state index contributed by atoms with van der Waals surface area (Å²) in [7, 11) is -3.85. The van der Waals surface area contributed by atoms with Gasteiger partial charge in [-0.05, 0) is 37.5 Å². The zero-order valence-corrected chi connectivity index (χ0v) is 16.8. The van der Waals surface area contributed by atoms with E-state index in [1.54, 1.807) is 18.2 Å². The lowest BCUT2D eigenvalue weighted by molar-refractivity contribution is -0.116. The first-order valence-electron chi connectivity index (χ1n) is 9.13. The maximum absolute atomic E-state index is 13.9. The van der Waals surface area contributed by atoms with E-state index in [4.69, 9.17) is 0 Å². The fourth-order valence-electron chi connectivity index (χ4n) is 3.31. The number of halogens is 1. The van der Waals surface area contributed by atoms with Crippen LogP contribution >= 0.6 is 0 Å². The van der Waals surface area contributed by atoms with Crippen molar-refractivity contribution in [2.45, 2.75) is 26.8 Å². The third-order valence-electron chi connectivity index (χ3n) is 4.84. The zero-order valence-electron chi connectivity index (χ0n) is 16.0. The maximum atomic E-state index is 13.9. The lowest BCUT2D eigenvalue weighted by Crippen LogP contribution is -2.51. The molecular formula is C20H24FN3O3S. The molecule has 0 aromatic heterocycles. The summed E-state index contributed by atoms with van der Waals surface area (Å²) < 4.78 is 42.1. The highest BCUT2D eigenvalue weighted by atomic mass is 32.2. The molecule has 3 rings (SSSR count). The van der Waals surface area contributed by atoms with Gasteiger partial charge in [0.05, 0.1) is 6.54 Å². The van der Waals surface area contributed by atoms with Crippen LogP contribution < -0.4 is 5.32 Å². The van der Waals surface area contributed by atoms with E-state index in [1.165, 1.54) is 10.4 Å². The van der Waals surface area contributed by atoms with Crippen LogP contribution in [0.25, 0.3) is 0 Å². The normalized spacial score (nSPS) is 17.4. The highest BCUT2D eigenvalue weighted by Crippen LogP contribution is 2.22. The summed E-state index contributed by atoms with van der Waals surface area (Å²) in [6, 6.07) is 11.8. The quantitative estimate of drug-likeness (QED) is 0.832. The number of hydrogen-bond acceptors (Lipinski definition) is 3. The molecule has 1 aliphatic heterocycles. The van der Waals surface area contributed by atoms with E-state index in [9.17, 15) is 17.6 Å². The van der Waals surface area contributed by atoms with Crippen LogP contribution in [-0.2, 0) is 21.5 Å². The largest absolute Gasteiger partial charge is 0.324 e. The second-order valence-electron chi connectivity index (χ2n) is 6.93. The van der Waals surface area contributed by atoms with Crippen LogP contribution in [0.15, 0.2) is 42.5 Å². The number of anilines is 1. The first-order valence-corrected chi connectivity index (χ1v) is 10.5. The number of carbonyl (C=O) groups excluding carboxylic acids is 1. The average molecular weight is 405 g/mol. The molecule has 8 heteroatoms. The Hall–Kier alpha value is -2.29. The Morgan fingerprint density at radius 1 is 1.04 bits per heavy atom. The Bertz CT molecular complexity index is 958. The third-order valence-corrected chi connectivity index (χ3v) is 6.77. The summed E-state index contributed by atoms with van der Waals surface area (Å²) in [6.45, 7) is 4.00. The van der Waals surface area contributed by atoms with Gasteiger partial charge in [0.25, 0.3) is 10.2 Å². The van der Waals surface area contributed by atoms with Gasteiger partial charge in [-0.3, -0.25) is 4.79 Å². The number of nitrogens with one attached hydrogen (secondary N) is 1. The van der Waals surface area contributed by atoms with E-state index >= 15 is 0 Å². The molecule has 28 heavy (non-hydrogen) atoms. The van der Waals surface area contributed by atoms with E-state index < -0.39 is 21.9 Å². The van der Waals surface area contributed by atoms with Crippen molar-refractivity contribution in [3.8, 4) is 0 Å². The van der Waals surface area contributed by atoms with Gasteiger partial charge in [0.2, 0.25) is 5.91 Å². The molecule has 0 saturated carbocycles.